The molecule has 0 bridgehead atoms. The molecule has 5 nitrogen and oxygen atoms in total. The minimum absolute atomic E-state index is 0.0736. The van der Waals surface area contributed by atoms with E-state index in [0.717, 1.165) is 6.07 Å². The highest BCUT2D eigenvalue weighted by molar-refractivity contribution is 7.89. The van der Waals surface area contributed by atoms with Gasteiger partial charge >= 0.3 is 6.18 Å². The number of anilines is 1. The van der Waals surface area contributed by atoms with E-state index in [1.807, 2.05) is 0 Å². The highest BCUT2D eigenvalue weighted by Gasteiger charge is 2.33. The predicted molar refractivity (Wildman–Crippen MR) is 99.5 cm³/mol. The van der Waals surface area contributed by atoms with E-state index in [1.54, 1.807) is 19.1 Å². The van der Waals surface area contributed by atoms with Crippen molar-refractivity contribution in [2.75, 3.05) is 31.6 Å². The van der Waals surface area contributed by atoms with Crippen LogP contribution in [0, 0.1) is 6.92 Å². The van der Waals surface area contributed by atoms with Gasteiger partial charge in [0.1, 0.15) is 0 Å². The van der Waals surface area contributed by atoms with Crippen LogP contribution in [0.15, 0.2) is 47.4 Å². The summed E-state index contributed by atoms with van der Waals surface area (Å²) < 4.78 is 71.8. The molecule has 1 saturated heterocycles. The quantitative estimate of drug-likeness (QED) is 0.812. The summed E-state index contributed by atoms with van der Waals surface area (Å²) in [5.74, 6) is 0. The molecule has 9 heteroatoms. The molecule has 28 heavy (non-hydrogen) atoms. The Labute approximate surface area is 162 Å². The van der Waals surface area contributed by atoms with Crippen LogP contribution in [0.3, 0.4) is 0 Å². The first-order valence-electron chi connectivity index (χ1n) is 8.77. The first kappa shape index (κ1) is 20.6. The van der Waals surface area contributed by atoms with E-state index in [2.05, 4.69) is 5.32 Å². The Morgan fingerprint density at radius 3 is 2.46 bits per heavy atom. The molecule has 1 fully saturated rings. The minimum atomic E-state index is -4.45. The predicted octanol–water partition coefficient (Wildman–Crippen LogP) is 3.65. The van der Waals surface area contributed by atoms with Crippen molar-refractivity contribution in [2.24, 2.45) is 0 Å². The summed E-state index contributed by atoms with van der Waals surface area (Å²) in [6, 6.07) is 10.1. The number of alkyl halides is 3. The summed E-state index contributed by atoms with van der Waals surface area (Å²) >= 11 is 0. The van der Waals surface area contributed by atoms with Crippen LogP contribution in [0.1, 0.15) is 16.7 Å². The van der Waals surface area contributed by atoms with E-state index < -0.39 is 21.8 Å². The summed E-state index contributed by atoms with van der Waals surface area (Å²) in [4.78, 5) is 0.142. The Morgan fingerprint density at radius 1 is 1.11 bits per heavy atom. The van der Waals surface area contributed by atoms with Crippen LogP contribution < -0.4 is 5.32 Å². The number of morpholine rings is 1. The standard InChI is InChI=1S/C19H21F3N2O3S/c1-14-6-7-16(12-18(14)28(25,26)24-8-10-27-11-9-24)23-13-15-4-2-3-5-17(15)19(20,21)22/h2-7,12,23H,8-11,13H2,1H3. The first-order valence-corrected chi connectivity index (χ1v) is 10.2. The summed E-state index contributed by atoms with van der Waals surface area (Å²) in [5, 5.41) is 2.91. The fourth-order valence-electron chi connectivity index (χ4n) is 3.06. The van der Waals surface area contributed by atoms with Crippen LogP contribution in [-0.2, 0) is 27.5 Å². The lowest BCUT2D eigenvalue weighted by molar-refractivity contribution is -0.138. The van der Waals surface area contributed by atoms with Crippen LogP contribution in [0.25, 0.3) is 0 Å². The molecule has 2 aromatic carbocycles. The van der Waals surface area contributed by atoms with Crippen molar-refractivity contribution in [1.29, 1.82) is 0 Å². The molecule has 1 N–H and O–H groups in total. The Balaban J connectivity index is 1.83. The highest BCUT2D eigenvalue weighted by Crippen LogP contribution is 2.32. The Kier molecular flexibility index (Phi) is 5.97. The van der Waals surface area contributed by atoms with Gasteiger partial charge in [-0.3, -0.25) is 0 Å². The molecular formula is C19H21F3N2O3S. The summed E-state index contributed by atoms with van der Waals surface area (Å²) in [7, 11) is -3.70. The third-order valence-electron chi connectivity index (χ3n) is 4.58. The lowest BCUT2D eigenvalue weighted by Gasteiger charge is -2.27. The second-order valence-electron chi connectivity index (χ2n) is 6.51. The number of ether oxygens (including phenoxy) is 1. The van der Waals surface area contributed by atoms with Gasteiger partial charge in [0.15, 0.2) is 0 Å². The summed E-state index contributed by atoms with van der Waals surface area (Å²) in [5.41, 5.74) is 0.395. The number of sulfonamides is 1. The second kappa shape index (κ2) is 8.10. The molecule has 0 unspecified atom stereocenters. The van der Waals surface area contributed by atoms with Gasteiger partial charge in [0.05, 0.1) is 23.7 Å². The van der Waals surface area contributed by atoms with Crippen molar-refractivity contribution in [1.82, 2.24) is 4.31 Å². The fourth-order valence-corrected chi connectivity index (χ4v) is 4.72. The number of aryl methyl sites for hydroxylation is 1. The SMILES string of the molecule is Cc1ccc(NCc2ccccc2C(F)(F)F)cc1S(=O)(=O)N1CCOCC1. The van der Waals surface area contributed by atoms with Gasteiger partial charge in [-0.1, -0.05) is 24.3 Å². The van der Waals surface area contributed by atoms with Crippen molar-refractivity contribution in [3.8, 4) is 0 Å². The number of hydrogen-bond donors (Lipinski definition) is 1. The maximum Gasteiger partial charge on any atom is 0.416 e. The Hall–Kier alpha value is -2.10. The number of hydrogen-bond acceptors (Lipinski definition) is 4. The molecule has 0 aromatic heterocycles. The van der Waals surface area contributed by atoms with Gasteiger partial charge in [0, 0.05) is 25.3 Å². The molecule has 1 aliphatic heterocycles. The van der Waals surface area contributed by atoms with Crippen LogP contribution in [0.4, 0.5) is 18.9 Å². The molecule has 2 aromatic rings. The van der Waals surface area contributed by atoms with Crippen molar-refractivity contribution < 1.29 is 26.3 Å². The molecule has 0 amide bonds. The second-order valence-corrected chi connectivity index (χ2v) is 8.41. The Bertz CT molecular complexity index is 940. The van der Waals surface area contributed by atoms with E-state index >= 15 is 0 Å². The van der Waals surface area contributed by atoms with Crippen LogP contribution in [0.2, 0.25) is 0 Å². The molecule has 1 aliphatic rings. The number of nitrogens with zero attached hydrogens (tertiary/aromatic N) is 1. The molecule has 0 spiro atoms. The van der Waals surface area contributed by atoms with Gasteiger partial charge in [-0.25, -0.2) is 8.42 Å². The van der Waals surface area contributed by atoms with Gasteiger partial charge in [0.2, 0.25) is 10.0 Å². The zero-order valence-electron chi connectivity index (χ0n) is 15.3. The van der Waals surface area contributed by atoms with Crippen molar-refractivity contribution in [3.05, 3.63) is 59.2 Å². The smallest absolute Gasteiger partial charge is 0.381 e. The number of rotatable bonds is 5. The fraction of sp³-hybridized carbons (Fsp3) is 0.368. The van der Waals surface area contributed by atoms with Gasteiger partial charge in [0.25, 0.3) is 0 Å². The number of benzene rings is 2. The van der Waals surface area contributed by atoms with E-state index in [-0.39, 0.29) is 30.1 Å². The first-order chi connectivity index (χ1) is 13.2. The zero-order chi connectivity index (χ0) is 20.4. The average Bonchev–Trinajstić information content (AvgIpc) is 2.67. The van der Waals surface area contributed by atoms with Crippen molar-refractivity contribution in [3.63, 3.8) is 0 Å². The van der Waals surface area contributed by atoms with Crippen LogP contribution in [-0.4, -0.2) is 39.0 Å². The third-order valence-corrected chi connectivity index (χ3v) is 6.62. The maximum absolute atomic E-state index is 13.1. The summed E-state index contributed by atoms with van der Waals surface area (Å²) in [6.07, 6.45) is -4.45. The highest BCUT2D eigenvalue weighted by atomic mass is 32.2. The number of halogens is 3. The van der Waals surface area contributed by atoms with E-state index in [9.17, 15) is 21.6 Å². The zero-order valence-corrected chi connectivity index (χ0v) is 16.1. The molecule has 1 heterocycles. The average molecular weight is 414 g/mol. The lowest BCUT2D eigenvalue weighted by atomic mass is 10.1. The number of nitrogens with one attached hydrogen (secondary N) is 1. The maximum atomic E-state index is 13.1. The molecular weight excluding hydrogens is 393 g/mol. The van der Waals surface area contributed by atoms with Gasteiger partial charge in [-0.05, 0) is 36.2 Å². The molecule has 0 radical (unpaired) electrons. The van der Waals surface area contributed by atoms with Gasteiger partial charge < -0.3 is 10.1 Å². The van der Waals surface area contributed by atoms with E-state index in [1.165, 1.54) is 28.6 Å². The topological polar surface area (TPSA) is 58.6 Å². The van der Waals surface area contributed by atoms with Crippen LogP contribution >= 0.6 is 0 Å². The Morgan fingerprint density at radius 2 is 1.79 bits per heavy atom. The van der Waals surface area contributed by atoms with Gasteiger partial charge in [-0.15, -0.1) is 0 Å². The van der Waals surface area contributed by atoms with E-state index in [4.69, 9.17) is 4.74 Å². The normalized spacial score (nSPS) is 16.1. The lowest BCUT2D eigenvalue weighted by Crippen LogP contribution is -2.40. The largest absolute Gasteiger partial charge is 0.416 e. The minimum Gasteiger partial charge on any atom is -0.381 e. The molecule has 0 saturated carbocycles. The van der Waals surface area contributed by atoms with Crippen LogP contribution in [0.5, 0.6) is 0 Å². The molecule has 3 rings (SSSR count). The van der Waals surface area contributed by atoms with Crippen molar-refractivity contribution >= 4 is 15.7 Å². The van der Waals surface area contributed by atoms with Gasteiger partial charge in [-0.2, -0.15) is 17.5 Å². The molecule has 0 atom stereocenters. The molecule has 152 valence electrons. The summed E-state index contributed by atoms with van der Waals surface area (Å²) in [6.45, 7) is 2.84. The van der Waals surface area contributed by atoms with E-state index in [0.29, 0.717) is 24.5 Å². The van der Waals surface area contributed by atoms with Crippen molar-refractivity contribution in [2.45, 2.75) is 24.5 Å². The molecule has 0 aliphatic carbocycles. The third kappa shape index (κ3) is 4.48. The monoisotopic (exact) mass is 414 g/mol.